The maximum Gasteiger partial charge on any atom is 0.387 e. The summed E-state index contributed by atoms with van der Waals surface area (Å²) in [6, 6.07) is 5.62. The van der Waals surface area contributed by atoms with Crippen LogP contribution in [0.2, 0.25) is 0 Å². The lowest BCUT2D eigenvalue weighted by molar-refractivity contribution is -0.0512. The Morgan fingerprint density at radius 2 is 2.00 bits per heavy atom. The third kappa shape index (κ3) is 3.61. The van der Waals surface area contributed by atoms with Gasteiger partial charge in [0.2, 0.25) is 0 Å². The fraction of sp³-hybridized carbons (Fsp3) is 0.500. The van der Waals surface area contributed by atoms with Crippen molar-refractivity contribution in [1.29, 1.82) is 0 Å². The molecule has 0 radical (unpaired) electrons. The molecule has 0 amide bonds. The van der Waals surface area contributed by atoms with E-state index in [-0.39, 0.29) is 23.1 Å². The van der Waals surface area contributed by atoms with Crippen LogP contribution in [-0.4, -0.2) is 40.7 Å². The Morgan fingerprint density at radius 1 is 1.25 bits per heavy atom. The first kappa shape index (κ1) is 18.9. The quantitative estimate of drug-likeness (QED) is 0.849. The molecule has 2 atom stereocenters. The first-order chi connectivity index (χ1) is 13.4. The van der Waals surface area contributed by atoms with E-state index in [1.165, 1.54) is 13.2 Å². The van der Waals surface area contributed by atoms with Crippen LogP contribution in [-0.2, 0) is 19.4 Å². The lowest BCUT2D eigenvalue weighted by Gasteiger charge is -2.28. The van der Waals surface area contributed by atoms with Gasteiger partial charge in [-0.15, -0.1) is 0 Å². The van der Waals surface area contributed by atoms with Crippen LogP contribution >= 0.6 is 0 Å². The molecule has 0 aliphatic carbocycles. The van der Waals surface area contributed by atoms with Crippen LogP contribution in [0.4, 0.5) is 8.78 Å². The molecular weight excluding hydrogens is 368 g/mol. The fourth-order valence-corrected chi connectivity index (χ4v) is 4.43. The van der Waals surface area contributed by atoms with Gasteiger partial charge in [-0.2, -0.15) is 8.78 Å². The van der Waals surface area contributed by atoms with E-state index in [0.717, 1.165) is 36.1 Å². The molecule has 4 rings (SSSR count). The van der Waals surface area contributed by atoms with E-state index >= 15 is 0 Å². The van der Waals surface area contributed by atoms with Gasteiger partial charge in [0.25, 0.3) is 5.56 Å². The summed E-state index contributed by atoms with van der Waals surface area (Å²) in [5.41, 5.74) is 2.61. The summed E-state index contributed by atoms with van der Waals surface area (Å²) >= 11 is 0. The second kappa shape index (κ2) is 7.50. The minimum atomic E-state index is -2.89. The molecule has 1 fully saturated rings. The van der Waals surface area contributed by atoms with Gasteiger partial charge in [0.05, 0.1) is 12.8 Å². The molecule has 28 heavy (non-hydrogen) atoms. The number of H-pyrrole nitrogens is 1. The number of hydrogen-bond acceptors (Lipinski definition) is 5. The largest absolute Gasteiger partial charge is 0.493 e. The molecular formula is C20H23F2N3O3. The monoisotopic (exact) mass is 391 g/mol. The van der Waals surface area contributed by atoms with Crippen molar-refractivity contribution in [2.75, 3.05) is 7.11 Å². The van der Waals surface area contributed by atoms with Crippen LogP contribution in [0.15, 0.2) is 23.0 Å². The van der Waals surface area contributed by atoms with Gasteiger partial charge in [-0.1, -0.05) is 6.07 Å². The zero-order chi connectivity index (χ0) is 19.8. The maximum atomic E-state index is 12.5. The number of methoxy groups -OCH3 is 1. The van der Waals surface area contributed by atoms with Crippen molar-refractivity contribution >= 4 is 0 Å². The van der Waals surface area contributed by atoms with Crippen LogP contribution in [0.3, 0.4) is 0 Å². The molecule has 3 heterocycles. The summed E-state index contributed by atoms with van der Waals surface area (Å²) < 4.78 is 34.8. The van der Waals surface area contributed by atoms with E-state index in [4.69, 9.17) is 4.74 Å². The van der Waals surface area contributed by atoms with Crippen molar-refractivity contribution in [3.05, 3.63) is 51.2 Å². The number of nitrogens with zero attached hydrogens (tertiary/aromatic N) is 2. The zero-order valence-corrected chi connectivity index (χ0v) is 15.9. The van der Waals surface area contributed by atoms with Gasteiger partial charge in [-0.3, -0.25) is 9.69 Å². The fourth-order valence-electron chi connectivity index (χ4n) is 4.43. The lowest BCUT2D eigenvalue weighted by Crippen LogP contribution is -2.36. The first-order valence-corrected chi connectivity index (χ1v) is 9.40. The summed E-state index contributed by atoms with van der Waals surface area (Å²) in [6.07, 6.45) is 3.51. The molecule has 6 nitrogen and oxygen atoms in total. The smallest absolute Gasteiger partial charge is 0.387 e. The first-order valence-electron chi connectivity index (χ1n) is 9.40. The molecule has 1 N–H and O–H groups in total. The molecule has 1 aromatic heterocycles. The number of aromatic nitrogens is 2. The van der Waals surface area contributed by atoms with E-state index in [0.29, 0.717) is 24.8 Å². The van der Waals surface area contributed by atoms with E-state index in [1.54, 1.807) is 19.1 Å². The predicted octanol–water partition coefficient (Wildman–Crippen LogP) is 2.82. The molecule has 8 heteroatoms. The second-order valence-corrected chi connectivity index (χ2v) is 7.41. The molecule has 2 aliphatic heterocycles. The number of benzene rings is 1. The molecule has 2 aromatic rings. The highest BCUT2D eigenvalue weighted by molar-refractivity contribution is 5.43. The Labute approximate surface area is 161 Å². The summed E-state index contributed by atoms with van der Waals surface area (Å²) in [6.45, 7) is -0.433. The number of halogens is 2. The van der Waals surface area contributed by atoms with Crippen LogP contribution in [0, 0.1) is 6.92 Å². The van der Waals surface area contributed by atoms with Crippen molar-refractivity contribution in [2.45, 2.75) is 57.8 Å². The number of rotatable bonds is 5. The molecule has 0 unspecified atom stereocenters. The van der Waals surface area contributed by atoms with Crippen molar-refractivity contribution in [1.82, 2.24) is 14.9 Å². The maximum absolute atomic E-state index is 12.5. The van der Waals surface area contributed by atoms with Crippen LogP contribution in [0.1, 0.15) is 35.5 Å². The average Bonchev–Trinajstić information content (AvgIpc) is 2.91. The number of hydrogen-bond donors (Lipinski definition) is 1. The zero-order valence-electron chi connectivity index (χ0n) is 15.9. The molecule has 150 valence electrons. The highest BCUT2D eigenvalue weighted by Crippen LogP contribution is 2.35. The third-order valence-electron chi connectivity index (χ3n) is 5.67. The SMILES string of the molecule is COc1cc(CN2[C@H]3CC[C@H]2Cc2c(nc(C)[nH]c2=O)C3)ccc1OC(F)F. The number of alkyl halides is 2. The highest BCUT2D eigenvalue weighted by atomic mass is 19.3. The summed E-state index contributed by atoms with van der Waals surface area (Å²) in [5, 5.41) is 0. The number of ether oxygens (including phenoxy) is 2. The lowest BCUT2D eigenvalue weighted by atomic mass is 9.98. The normalized spacial score (nSPS) is 21.5. The van der Waals surface area contributed by atoms with Crippen molar-refractivity contribution < 1.29 is 18.3 Å². The van der Waals surface area contributed by atoms with E-state index in [1.807, 2.05) is 0 Å². The topological polar surface area (TPSA) is 67.5 Å². The van der Waals surface area contributed by atoms with Gasteiger partial charge in [-0.05, 0) is 43.9 Å². The molecule has 1 saturated heterocycles. The highest BCUT2D eigenvalue weighted by Gasteiger charge is 2.38. The standard InChI is InChI=1S/C20H23F2N3O3/c1-11-23-16-9-14-5-4-13(8-15(16)19(26)24-11)25(14)10-12-3-6-17(28-20(21)22)18(7-12)27-2/h3,6-7,13-14,20H,4-5,8-10H2,1-2H3,(H,23,24,26)/t13-,14-/m0/s1. The summed E-state index contributed by atoms with van der Waals surface area (Å²) in [5.74, 6) is 0.961. The van der Waals surface area contributed by atoms with Crippen LogP contribution < -0.4 is 15.0 Å². The number of nitrogens with one attached hydrogen (secondary N) is 1. The van der Waals surface area contributed by atoms with E-state index in [2.05, 4.69) is 19.6 Å². The van der Waals surface area contributed by atoms with Crippen molar-refractivity contribution in [2.24, 2.45) is 0 Å². The van der Waals surface area contributed by atoms with Crippen molar-refractivity contribution in [3.63, 3.8) is 0 Å². The van der Waals surface area contributed by atoms with Gasteiger partial charge in [-0.25, -0.2) is 4.98 Å². The predicted molar refractivity (Wildman–Crippen MR) is 99.0 cm³/mol. The molecule has 2 bridgehead atoms. The molecule has 0 spiro atoms. The van der Waals surface area contributed by atoms with Gasteiger partial charge < -0.3 is 14.5 Å². The van der Waals surface area contributed by atoms with Gasteiger partial charge in [0.1, 0.15) is 5.82 Å². The van der Waals surface area contributed by atoms with Crippen molar-refractivity contribution in [3.8, 4) is 11.5 Å². The molecule has 2 aliphatic rings. The van der Waals surface area contributed by atoms with Gasteiger partial charge in [0, 0.05) is 30.6 Å². The number of aromatic amines is 1. The van der Waals surface area contributed by atoms with E-state index in [9.17, 15) is 13.6 Å². The second-order valence-electron chi connectivity index (χ2n) is 7.41. The summed E-state index contributed by atoms with van der Waals surface area (Å²) in [7, 11) is 1.43. The third-order valence-corrected chi connectivity index (χ3v) is 5.67. The number of aryl methyl sites for hydroxylation is 1. The minimum absolute atomic E-state index is 0.0266. The van der Waals surface area contributed by atoms with Crippen LogP contribution in [0.25, 0.3) is 0 Å². The molecule has 0 saturated carbocycles. The van der Waals surface area contributed by atoms with Gasteiger partial charge in [0.15, 0.2) is 11.5 Å². The number of fused-ring (bicyclic) bond motifs is 3. The minimum Gasteiger partial charge on any atom is -0.493 e. The Bertz CT molecular complexity index is 931. The Balaban J connectivity index is 1.58. The Morgan fingerprint density at radius 3 is 2.71 bits per heavy atom. The Hall–Kier alpha value is -2.48. The Kier molecular flexibility index (Phi) is 5.05. The van der Waals surface area contributed by atoms with Gasteiger partial charge >= 0.3 is 6.61 Å². The molecule has 1 aromatic carbocycles. The average molecular weight is 391 g/mol. The summed E-state index contributed by atoms with van der Waals surface area (Å²) in [4.78, 5) is 22.2. The van der Waals surface area contributed by atoms with E-state index < -0.39 is 6.61 Å². The van der Waals surface area contributed by atoms with Crippen LogP contribution in [0.5, 0.6) is 11.5 Å².